The van der Waals surface area contributed by atoms with Gasteiger partial charge in [-0.3, -0.25) is 0 Å². The van der Waals surface area contributed by atoms with Crippen molar-refractivity contribution in [2.75, 3.05) is 0 Å². The van der Waals surface area contributed by atoms with E-state index in [0.29, 0.717) is 11.3 Å². The summed E-state index contributed by atoms with van der Waals surface area (Å²) >= 11 is 0. The molecule has 1 N–H and O–H groups in total. The minimum absolute atomic E-state index is 0.164. The number of carboxylic acids is 1. The second-order valence-corrected chi connectivity index (χ2v) is 4.99. The average Bonchev–Trinajstić information content (AvgIpc) is 3.00. The van der Waals surface area contributed by atoms with E-state index >= 15 is 0 Å². The number of aryl methyl sites for hydroxylation is 1. The molecule has 5 nitrogen and oxygen atoms in total. The van der Waals surface area contributed by atoms with E-state index in [4.69, 9.17) is 0 Å². The smallest absolute Gasteiger partial charge is 0.358 e. The van der Waals surface area contributed by atoms with Gasteiger partial charge in [0.25, 0.3) is 0 Å². The van der Waals surface area contributed by atoms with Crippen LogP contribution in [0.25, 0.3) is 16.9 Å². The lowest BCUT2D eigenvalue weighted by Gasteiger charge is -2.11. The highest BCUT2D eigenvalue weighted by molar-refractivity contribution is 5.93. The van der Waals surface area contributed by atoms with Crippen LogP contribution in [-0.2, 0) is 6.42 Å². The van der Waals surface area contributed by atoms with Gasteiger partial charge in [-0.15, -0.1) is 5.10 Å². The largest absolute Gasteiger partial charge is 0.476 e. The summed E-state index contributed by atoms with van der Waals surface area (Å²) in [6, 6.07) is 13.2. The molecule has 0 unspecified atom stereocenters. The van der Waals surface area contributed by atoms with Gasteiger partial charge in [0.15, 0.2) is 5.69 Å². The Bertz CT molecular complexity index is 857. The number of carboxylic acid groups (broad SMARTS) is 1. The topological polar surface area (TPSA) is 68.0 Å². The summed E-state index contributed by atoms with van der Waals surface area (Å²) in [6.07, 6.45) is 0.765. The molecule has 0 radical (unpaired) electrons. The van der Waals surface area contributed by atoms with Crippen LogP contribution in [0, 0.1) is 5.82 Å². The van der Waals surface area contributed by atoms with Crippen molar-refractivity contribution in [1.82, 2.24) is 15.0 Å². The highest BCUT2D eigenvalue weighted by Crippen LogP contribution is 2.27. The number of aromatic carboxylic acids is 1. The number of hydrogen-bond acceptors (Lipinski definition) is 3. The third-order valence-electron chi connectivity index (χ3n) is 3.59. The van der Waals surface area contributed by atoms with Crippen molar-refractivity contribution in [2.24, 2.45) is 0 Å². The molecule has 0 amide bonds. The van der Waals surface area contributed by atoms with Gasteiger partial charge < -0.3 is 5.11 Å². The highest BCUT2D eigenvalue weighted by Gasteiger charge is 2.22. The molecule has 0 atom stereocenters. The van der Waals surface area contributed by atoms with Gasteiger partial charge in [-0.05, 0) is 42.3 Å². The molecule has 3 rings (SSSR count). The van der Waals surface area contributed by atoms with E-state index in [1.54, 1.807) is 0 Å². The Balaban J connectivity index is 2.26. The maximum Gasteiger partial charge on any atom is 0.358 e. The van der Waals surface area contributed by atoms with E-state index in [-0.39, 0.29) is 5.69 Å². The first kappa shape index (κ1) is 14.9. The van der Waals surface area contributed by atoms with Crippen LogP contribution in [0.1, 0.15) is 23.0 Å². The maximum absolute atomic E-state index is 13.2. The number of hydrogen-bond donors (Lipinski definition) is 1. The van der Waals surface area contributed by atoms with Crippen LogP contribution < -0.4 is 0 Å². The Morgan fingerprint density at radius 3 is 2.52 bits per heavy atom. The van der Waals surface area contributed by atoms with E-state index in [1.807, 2.05) is 31.2 Å². The molecule has 0 bridgehead atoms. The second-order valence-electron chi connectivity index (χ2n) is 4.99. The molecule has 0 aliphatic heterocycles. The van der Waals surface area contributed by atoms with Gasteiger partial charge in [0, 0.05) is 5.56 Å². The van der Waals surface area contributed by atoms with Crippen molar-refractivity contribution in [1.29, 1.82) is 0 Å². The van der Waals surface area contributed by atoms with E-state index < -0.39 is 11.8 Å². The van der Waals surface area contributed by atoms with Crippen LogP contribution in [0.5, 0.6) is 0 Å². The molecule has 116 valence electrons. The number of halogens is 1. The molecular weight excluding hydrogens is 297 g/mol. The van der Waals surface area contributed by atoms with Crippen molar-refractivity contribution in [3.8, 4) is 16.9 Å². The van der Waals surface area contributed by atoms with Gasteiger partial charge >= 0.3 is 5.97 Å². The molecule has 0 saturated carbocycles. The van der Waals surface area contributed by atoms with E-state index in [0.717, 1.165) is 17.7 Å². The predicted octanol–water partition coefficient (Wildman–Crippen LogP) is 3.33. The Kier molecular flexibility index (Phi) is 3.89. The Morgan fingerprint density at radius 1 is 1.17 bits per heavy atom. The zero-order chi connectivity index (χ0) is 16.4. The monoisotopic (exact) mass is 311 g/mol. The minimum atomic E-state index is -1.18. The normalized spacial score (nSPS) is 10.7. The van der Waals surface area contributed by atoms with Crippen LogP contribution >= 0.6 is 0 Å². The fourth-order valence-electron chi connectivity index (χ4n) is 2.48. The van der Waals surface area contributed by atoms with Crippen molar-refractivity contribution in [2.45, 2.75) is 13.3 Å². The van der Waals surface area contributed by atoms with Crippen LogP contribution in [0.15, 0.2) is 48.5 Å². The van der Waals surface area contributed by atoms with Gasteiger partial charge in [-0.25, -0.2) is 13.9 Å². The van der Waals surface area contributed by atoms with Crippen molar-refractivity contribution in [3.63, 3.8) is 0 Å². The summed E-state index contributed by atoms with van der Waals surface area (Å²) in [6.45, 7) is 2.01. The molecule has 1 aromatic heterocycles. The van der Waals surface area contributed by atoms with Crippen molar-refractivity contribution < 1.29 is 14.3 Å². The quantitative estimate of drug-likeness (QED) is 0.802. The first-order valence-electron chi connectivity index (χ1n) is 7.15. The number of nitrogens with zero attached hydrogens (tertiary/aromatic N) is 3. The van der Waals surface area contributed by atoms with E-state index in [9.17, 15) is 14.3 Å². The summed E-state index contributed by atoms with van der Waals surface area (Å²) in [5.41, 5.74) is 2.48. The van der Waals surface area contributed by atoms with Crippen molar-refractivity contribution in [3.05, 3.63) is 65.6 Å². The molecule has 3 aromatic rings. The zero-order valence-corrected chi connectivity index (χ0v) is 12.4. The summed E-state index contributed by atoms with van der Waals surface area (Å²) in [4.78, 5) is 11.5. The van der Waals surface area contributed by atoms with Crippen LogP contribution in [0.3, 0.4) is 0 Å². The van der Waals surface area contributed by atoms with Crippen LogP contribution in [-0.4, -0.2) is 26.1 Å². The lowest BCUT2D eigenvalue weighted by Crippen LogP contribution is -2.05. The first-order chi connectivity index (χ1) is 11.1. The number of para-hydroxylation sites is 1. The predicted molar refractivity (Wildman–Crippen MR) is 83.1 cm³/mol. The van der Waals surface area contributed by atoms with Gasteiger partial charge in [0.1, 0.15) is 11.5 Å². The molecule has 2 aromatic carbocycles. The van der Waals surface area contributed by atoms with Crippen LogP contribution in [0.4, 0.5) is 4.39 Å². The first-order valence-corrected chi connectivity index (χ1v) is 7.15. The average molecular weight is 311 g/mol. The molecule has 23 heavy (non-hydrogen) atoms. The molecule has 0 aliphatic carbocycles. The second kappa shape index (κ2) is 6.00. The Hall–Kier alpha value is -3.02. The van der Waals surface area contributed by atoms with Crippen LogP contribution in [0.2, 0.25) is 0 Å². The summed E-state index contributed by atoms with van der Waals surface area (Å²) < 4.78 is 14.7. The van der Waals surface area contributed by atoms with Crippen molar-refractivity contribution >= 4 is 5.97 Å². The zero-order valence-electron chi connectivity index (χ0n) is 12.4. The Labute approximate surface area is 132 Å². The fraction of sp³-hybridized carbons (Fsp3) is 0.118. The van der Waals surface area contributed by atoms with Gasteiger partial charge in [0.2, 0.25) is 0 Å². The lowest BCUT2D eigenvalue weighted by molar-refractivity contribution is 0.0691. The van der Waals surface area contributed by atoms with Gasteiger partial charge in [-0.1, -0.05) is 30.3 Å². The SMILES string of the molecule is CCc1ccccc1-n1nnc(C(=O)O)c1-c1ccc(F)cc1. The molecular formula is C17H14FN3O2. The molecule has 0 aliphatic rings. The highest BCUT2D eigenvalue weighted by atomic mass is 19.1. The number of benzene rings is 2. The third kappa shape index (κ3) is 2.70. The summed E-state index contributed by atoms with van der Waals surface area (Å²) in [5, 5.41) is 17.2. The fourth-order valence-corrected chi connectivity index (χ4v) is 2.48. The molecule has 0 fully saturated rings. The molecule has 0 saturated heterocycles. The maximum atomic E-state index is 13.2. The molecule has 6 heteroatoms. The number of aromatic nitrogens is 3. The molecule has 0 spiro atoms. The van der Waals surface area contributed by atoms with Gasteiger partial charge in [-0.2, -0.15) is 0 Å². The minimum Gasteiger partial charge on any atom is -0.476 e. The summed E-state index contributed by atoms with van der Waals surface area (Å²) in [7, 11) is 0. The lowest BCUT2D eigenvalue weighted by atomic mass is 10.1. The van der Waals surface area contributed by atoms with Gasteiger partial charge in [0.05, 0.1) is 5.69 Å². The standard InChI is InChI=1S/C17H14FN3O2/c1-2-11-5-3-4-6-14(11)21-16(15(17(22)23)19-20-21)12-7-9-13(18)10-8-12/h3-10H,2H2,1H3,(H,22,23). The summed E-state index contributed by atoms with van der Waals surface area (Å²) in [5.74, 6) is -1.57. The Morgan fingerprint density at radius 2 is 1.87 bits per heavy atom. The number of carbonyl (C=O) groups is 1. The molecule has 1 heterocycles. The third-order valence-corrected chi connectivity index (χ3v) is 3.59. The van der Waals surface area contributed by atoms with E-state index in [2.05, 4.69) is 10.3 Å². The van der Waals surface area contributed by atoms with E-state index in [1.165, 1.54) is 28.9 Å². The number of rotatable bonds is 4.